The van der Waals surface area contributed by atoms with Crippen LogP contribution in [-0.4, -0.2) is 26.1 Å². The molecule has 0 atom stereocenters. The van der Waals surface area contributed by atoms with Gasteiger partial charge in [-0.3, -0.25) is 15.2 Å². The highest BCUT2D eigenvalue weighted by Crippen LogP contribution is 2.14. The van der Waals surface area contributed by atoms with Crippen LogP contribution in [-0.2, 0) is 0 Å². The van der Waals surface area contributed by atoms with Crippen LogP contribution in [0.25, 0.3) is 0 Å². The minimum atomic E-state index is -0.355. The molecule has 7 heteroatoms. The summed E-state index contributed by atoms with van der Waals surface area (Å²) in [5.41, 5.74) is 0.296. The van der Waals surface area contributed by atoms with Crippen molar-refractivity contribution in [3.05, 3.63) is 34.3 Å². The van der Waals surface area contributed by atoms with Crippen molar-refractivity contribution >= 4 is 27.8 Å². The molecule has 2 rings (SSSR count). The lowest BCUT2D eigenvalue weighted by Crippen LogP contribution is -2.15. The van der Waals surface area contributed by atoms with E-state index in [4.69, 9.17) is 0 Å². The van der Waals surface area contributed by atoms with Crippen molar-refractivity contribution in [3.63, 3.8) is 0 Å². The summed E-state index contributed by atoms with van der Waals surface area (Å²) in [5, 5.41) is 8.97. The van der Waals surface area contributed by atoms with Crippen molar-refractivity contribution < 1.29 is 4.79 Å². The lowest BCUT2D eigenvalue weighted by atomic mass is 10.3. The first kappa shape index (κ1) is 10.7. The molecule has 0 radical (unpaired) electrons. The number of aryl methyl sites for hydroxylation is 1. The van der Waals surface area contributed by atoms with Gasteiger partial charge in [0.2, 0.25) is 5.95 Å². The first-order chi connectivity index (χ1) is 7.66. The molecule has 0 fully saturated rings. The van der Waals surface area contributed by atoms with Gasteiger partial charge in [0, 0.05) is 10.7 Å². The summed E-state index contributed by atoms with van der Waals surface area (Å²) < 4.78 is 0.625. The summed E-state index contributed by atoms with van der Waals surface area (Å²) in [5.74, 6) is 0.516. The Hall–Kier alpha value is -1.76. The number of amides is 1. The fraction of sp³-hybridized carbons (Fsp3) is 0.111. The molecule has 0 aliphatic rings. The molecule has 1 amide bonds. The maximum absolute atomic E-state index is 11.7. The van der Waals surface area contributed by atoms with Crippen LogP contribution in [0.3, 0.4) is 0 Å². The van der Waals surface area contributed by atoms with Crippen LogP contribution in [0.5, 0.6) is 0 Å². The average Bonchev–Trinajstić information content (AvgIpc) is 2.64. The van der Waals surface area contributed by atoms with Gasteiger partial charge in [-0.1, -0.05) is 0 Å². The molecule has 0 spiro atoms. The number of carbonyl (C=O) groups is 1. The van der Waals surface area contributed by atoms with Gasteiger partial charge in [-0.05, 0) is 35.0 Å². The topological polar surface area (TPSA) is 83.6 Å². The molecular weight excluding hydrogens is 274 g/mol. The zero-order valence-electron chi connectivity index (χ0n) is 8.36. The second-order valence-corrected chi connectivity index (χ2v) is 3.89. The van der Waals surface area contributed by atoms with E-state index >= 15 is 0 Å². The molecule has 2 heterocycles. The number of nitrogens with zero attached hydrogens (tertiary/aromatic N) is 3. The number of hydrogen-bond acceptors (Lipinski definition) is 4. The zero-order chi connectivity index (χ0) is 11.5. The quantitative estimate of drug-likeness (QED) is 0.874. The minimum absolute atomic E-state index is 0.236. The third kappa shape index (κ3) is 2.25. The number of aromatic amines is 1. The first-order valence-corrected chi connectivity index (χ1v) is 5.27. The highest BCUT2D eigenvalue weighted by molar-refractivity contribution is 9.10. The Bertz CT molecular complexity index is 524. The van der Waals surface area contributed by atoms with Crippen LogP contribution in [0.4, 0.5) is 5.95 Å². The maximum Gasteiger partial charge on any atom is 0.277 e. The Balaban J connectivity index is 2.18. The van der Waals surface area contributed by atoms with Crippen molar-refractivity contribution in [1.82, 2.24) is 20.2 Å². The van der Waals surface area contributed by atoms with Crippen LogP contribution in [0.15, 0.2) is 22.8 Å². The van der Waals surface area contributed by atoms with Gasteiger partial charge in [-0.15, -0.1) is 5.10 Å². The molecule has 0 saturated carbocycles. The van der Waals surface area contributed by atoms with Gasteiger partial charge in [0.05, 0.1) is 0 Å². The monoisotopic (exact) mass is 281 g/mol. The Morgan fingerprint density at radius 3 is 3.00 bits per heavy atom. The van der Waals surface area contributed by atoms with Crippen LogP contribution in [0.2, 0.25) is 0 Å². The van der Waals surface area contributed by atoms with E-state index < -0.39 is 0 Å². The van der Waals surface area contributed by atoms with Crippen molar-refractivity contribution in [3.8, 4) is 0 Å². The molecule has 2 N–H and O–H groups in total. The SMILES string of the molecule is Cc1nc(NC(=O)c2ncccc2Br)n[nH]1. The molecule has 6 nitrogen and oxygen atoms in total. The molecule has 0 unspecified atom stereocenters. The fourth-order valence-electron chi connectivity index (χ4n) is 1.11. The van der Waals surface area contributed by atoms with E-state index in [1.807, 2.05) is 0 Å². The van der Waals surface area contributed by atoms with Crippen LogP contribution >= 0.6 is 15.9 Å². The number of H-pyrrole nitrogens is 1. The maximum atomic E-state index is 11.7. The Kier molecular flexibility index (Phi) is 2.95. The van der Waals surface area contributed by atoms with Gasteiger partial charge >= 0.3 is 0 Å². The largest absolute Gasteiger partial charge is 0.288 e. The van der Waals surface area contributed by atoms with E-state index in [1.54, 1.807) is 25.3 Å². The van der Waals surface area contributed by atoms with E-state index in [0.717, 1.165) is 0 Å². The predicted octanol–water partition coefficient (Wildman–Crippen LogP) is 1.52. The van der Waals surface area contributed by atoms with Crippen LogP contribution in [0, 0.1) is 6.92 Å². The standard InChI is InChI=1S/C9H8BrN5O/c1-5-12-9(15-14-5)13-8(16)7-6(10)3-2-4-11-7/h2-4H,1H3,(H2,12,13,14,15,16). The van der Waals surface area contributed by atoms with E-state index in [1.165, 1.54) is 0 Å². The van der Waals surface area contributed by atoms with E-state index in [-0.39, 0.29) is 11.9 Å². The molecule has 2 aromatic rings. The molecular formula is C9H8BrN5O. The van der Waals surface area contributed by atoms with Crippen molar-refractivity contribution in [2.24, 2.45) is 0 Å². The van der Waals surface area contributed by atoms with E-state index in [9.17, 15) is 4.79 Å². The van der Waals surface area contributed by atoms with Crippen LogP contribution in [0.1, 0.15) is 16.3 Å². The minimum Gasteiger partial charge on any atom is -0.288 e. The molecule has 0 bridgehead atoms. The fourth-order valence-corrected chi connectivity index (χ4v) is 1.55. The van der Waals surface area contributed by atoms with E-state index in [2.05, 4.69) is 41.4 Å². The molecule has 0 aliphatic carbocycles. The molecule has 0 aliphatic heterocycles. The van der Waals surface area contributed by atoms with Gasteiger partial charge in [0.1, 0.15) is 11.5 Å². The molecule has 16 heavy (non-hydrogen) atoms. The number of aromatic nitrogens is 4. The summed E-state index contributed by atoms with van der Waals surface area (Å²) in [6, 6.07) is 3.48. The summed E-state index contributed by atoms with van der Waals surface area (Å²) in [6.45, 7) is 1.75. The number of anilines is 1. The number of pyridine rings is 1. The Labute approximate surface area is 99.6 Å². The van der Waals surface area contributed by atoms with Crippen molar-refractivity contribution in [2.45, 2.75) is 6.92 Å². The van der Waals surface area contributed by atoms with E-state index in [0.29, 0.717) is 16.0 Å². The van der Waals surface area contributed by atoms with Gasteiger partial charge in [-0.2, -0.15) is 4.98 Å². The smallest absolute Gasteiger partial charge is 0.277 e. The van der Waals surface area contributed by atoms with Crippen molar-refractivity contribution in [1.29, 1.82) is 0 Å². The third-order valence-corrected chi connectivity index (χ3v) is 2.44. The Morgan fingerprint density at radius 2 is 2.38 bits per heavy atom. The van der Waals surface area contributed by atoms with Gasteiger partial charge < -0.3 is 0 Å². The molecule has 0 aromatic carbocycles. The third-order valence-electron chi connectivity index (χ3n) is 1.80. The van der Waals surface area contributed by atoms with Gasteiger partial charge in [-0.25, -0.2) is 4.98 Å². The molecule has 2 aromatic heterocycles. The van der Waals surface area contributed by atoms with Gasteiger partial charge in [0.15, 0.2) is 0 Å². The predicted molar refractivity (Wildman–Crippen MR) is 61.0 cm³/mol. The van der Waals surface area contributed by atoms with Crippen LogP contribution < -0.4 is 5.32 Å². The number of hydrogen-bond donors (Lipinski definition) is 2. The first-order valence-electron chi connectivity index (χ1n) is 4.47. The number of carbonyl (C=O) groups excluding carboxylic acids is 1. The second-order valence-electron chi connectivity index (χ2n) is 3.03. The summed E-state index contributed by atoms with van der Waals surface area (Å²) in [6.07, 6.45) is 1.54. The average molecular weight is 282 g/mol. The lowest BCUT2D eigenvalue weighted by Gasteiger charge is -2.01. The number of nitrogens with one attached hydrogen (secondary N) is 2. The van der Waals surface area contributed by atoms with Gasteiger partial charge in [0.25, 0.3) is 5.91 Å². The zero-order valence-corrected chi connectivity index (χ0v) is 9.95. The summed E-state index contributed by atoms with van der Waals surface area (Å²) in [7, 11) is 0. The highest BCUT2D eigenvalue weighted by Gasteiger charge is 2.12. The number of rotatable bonds is 2. The Morgan fingerprint density at radius 1 is 1.56 bits per heavy atom. The second kappa shape index (κ2) is 4.40. The van der Waals surface area contributed by atoms with Crippen molar-refractivity contribution in [2.75, 3.05) is 5.32 Å². The molecule has 82 valence electrons. The normalized spacial score (nSPS) is 10.1. The molecule has 0 saturated heterocycles. The summed E-state index contributed by atoms with van der Waals surface area (Å²) >= 11 is 3.24. The lowest BCUT2D eigenvalue weighted by molar-refractivity contribution is 0.102. The highest BCUT2D eigenvalue weighted by atomic mass is 79.9. The number of halogens is 1. The summed E-state index contributed by atoms with van der Waals surface area (Å²) in [4.78, 5) is 19.7.